The molecule has 6 nitrogen and oxygen atoms in total. The third kappa shape index (κ3) is 2.95. The molecule has 1 saturated heterocycles. The highest BCUT2D eigenvalue weighted by atomic mass is 16.2. The first-order valence-corrected chi connectivity index (χ1v) is 7.15. The van der Waals surface area contributed by atoms with E-state index in [0.717, 1.165) is 37.3 Å². The molecule has 2 aromatic rings. The van der Waals surface area contributed by atoms with Gasteiger partial charge in [0.25, 0.3) is 0 Å². The summed E-state index contributed by atoms with van der Waals surface area (Å²) in [5, 5.41) is 10.4. The Morgan fingerprint density at radius 3 is 2.81 bits per heavy atom. The second kappa shape index (κ2) is 5.65. The summed E-state index contributed by atoms with van der Waals surface area (Å²) in [6.07, 6.45) is 5.09. The number of anilines is 1. The topological polar surface area (TPSA) is 71.8 Å². The molecule has 110 valence electrons. The third-order valence-electron chi connectivity index (χ3n) is 3.95. The number of nitrogens with one attached hydrogen (secondary N) is 2. The predicted octanol–water partition coefficient (Wildman–Crippen LogP) is 1.60. The highest BCUT2D eigenvalue weighted by Gasteiger charge is 2.34. The summed E-state index contributed by atoms with van der Waals surface area (Å²) < 4.78 is 1.68. The number of hydrogen-bond acceptors (Lipinski definition) is 4. The number of carbonyl (C=O) groups excluding carboxylic acids is 1. The van der Waals surface area contributed by atoms with E-state index in [2.05, 4.69) is 20.7 Å². The zero-order chi connectivity index (χ0) is 14.7. The van der Waals surface area contributed by atoms with Crippen LogP contribution in [-0.2, 0) is 4.79 Å². The molecular formula is C15H19N5O. The van der Waals surface area contributed by atoms with E-state index in [4.69, 9.17) is 0 Å². The molecule has 1 atom stereocenters. The molecule has 6 heteroatoms. The highest BCUT2D eigenvalue weighted by molar-refractivity contribution is 5.95. The lowest BCUT2D eigenvalue weighted by atomic mass is 9.82. The molecule has 0 spiro atoms. The number of hydrogen-bond donors (Lipinski definition) is 2. The largest absolute Gasteiger partial charge is 0.326 e. The van der Waals surface area contributed by atoms with Crippen molar-refractivity contribution in [3.63, 3.8) is 0 Å². The zero-order valence-electron chi connectivity index (χ0n) is 12.0. The minimum atomic E-state index is -0.331. The van der Waals surface area contributed by atoms with E-state index in [1.54, 1.807) is 11.0 Å². The summed E-state index contributed by atoms with van der Waals surface area (Å²) in [6, 6.07) is 7.58. The first-order valence-electron chi connectivity index (χ1n) is 7.15. The van der Waals surface area contributed by atoms with E-state index in [9.17, 15) is 4.79 Å². The van der Waals surface area contributed by atoms with Gasteiger partial charge in [0.15, 0.2) is 0 Å². The Hall–Kier alpha value is -2.21. The van der Waals surface area contributed by atoms with Crippen LogP contribution in [0.3, 0.4) is 0 Å². The molecule has 1 aliphatic rings. The Balaban J connectivity index is 1.69. The van der Waals surface area contributed by atoms with Gasteiger partial charge < -0.3 is 10.6 Å². The Kier molecular flexibility index (Phi) is 3.70. The van der Waals surface area contributed by atoms with Gasteiger partial charge in [0, 0.05) is 12.2 Å². The van der Waals surface area contributed by atoms with Gasteiger partial charge in [-0.1, -0.05) is 0 Å². The average molecular weight is 285 g/mol. The van der Waals surface area contributed by atoms with Crippen LogP contribution in [0.25, 0.3) is 5.69 Å². The maximum absolute atomic E-state index is 12.4. The fourth-order valence-corrected chi connectivity index (χ4v) is 2.57. The first-order chi connectivity index (χ1) is 10.2. The first kappa shape index (κ1) is 13.8. The number of rotatable bonds is 3. The SMILES string of the molecule is CC1(C(=O)Nc2ccc(-n3cncn3)cc2)CCCNC1. The van der Waals surface area contributed by atoms with Crippen molar-refractivity contribution in [2.24, 2.45) is 5.41 Å². The summed E-state index contributed by atoms with van der Waals surface area (Å²) >= 11 is 0. The van der Waals surface area contributed by atoms with Gasteiger partial charge >= 0.3 is 0 Å². The number of aromatic nitrogens is 3. The van der Waals surface area contributed by atoms with Crippen molar-refractivity contribution in [3.05, 3.63) is 36.9 Å². The smallest absolute Gasteiger partial charge is 0.231 e. The van der Waals surface area contributed by atoms with Gasteiger partial charge in [0.2, 0.25) is 5.91 Å². The van der Waals surface area contributed by atoms with Crippen molar-refractivity contribution >= 4 is 11.6 Å². The molecule has 2 N–H and O–H groups in total. The molecule has 1 aliphatic heterocycles. The van der Waals surface area contributed by atoms with Gasteiger partial charge in [-0.3, -0.25) is 4.79 Å². The van der Waals surface area contributed by atoms with Crippen LogP contribution in [0.5, 0.6) is 0 Å². The monoisotopic (exact) mass is 285 g/mol. The van der Waals surface area contributed by atoms with Gasteiger partial charge in [0.05, 0.1) is 11.1 Å². The lowest BCUT2D eigenvalue weighted by molar-refractivity contribution is -0.125. The van der Waals surface area contributed by atoms with Crippen molar-refractivity contribution in [1.82, 2.24) is 20.1 Å². The number of amides is 1. The molecule has 0 saturated carbocycles. The van der Waals surface area contributed by atoms with E-state index in [0.29, 0.717) is 0 Å². The van der Waals surface area contributed by atoms with Gasteiger partial charge in [-0.15, -0.1) is 0 Å². The van der Waals surface area contributed by atoms with Crippen LogP contribution >= 0.6 is 0 Å². The Morgan fingerprint density at radius 1 is 1.38 bits per heavy atom. The molecule has 0 radical (unpaired) electrons. The predicted molar refractivity (Wildman–Crippen MR) is 80.2 cm³/mol. The third-order valence-corrected chi connectivity index (χ3v) is 3.95. The lowest BCUT2D eigenvalue weighted by Crippen LogP contribution is -2.46. The fourth-order valence-electron chi connectivity index (χ4n) is 2.57. The molecule has 1 fully saturated rings. The Labute approximate surface area is 123 Å². The van der Waals surface area contributed by atoms with E-state index in [-0.39, 0.29) is 11.3 Å². The molecule has 1 amide bonds. The number of nitrogens with zero attached hydrogens (tertiary/aromatic N) is 3. The maximum atomic E-state index is 12.4. The number of piperidine rings is 1. The second-order valence-electron chi connectivity index (χ2n) is 5.68. The van der Waals surface area contributed by atoms with Gasteiger partial charge in [-0.25, -0.2) is 9.67 Å². The lowest BCUT2D eigenvalue weighted by Gasteiger charge is -2.32. The molecule has 2 heterocycles. The highest BCUT2D eigenvalue weighted by Crippen LogP contribution is 2.27. The minimum absolute atomic E-state index is 0.0724. The van der Waals surface area contributed by atoms with E-state index >= 15 is 0 Å². The van der Waals surface area contributed by atoms with E-state index in [1.165, 1.54) is 6.33 Å². The van der Waals surface area contributed by atoms with Crippen LogP contribution in [0, 0.1) is 5.41 Å². The normalized spacial score (nSPS) is 22.0. The molecule has 1 aromatic heterocycles. The molecule has 0 aliphatic carbocycles. The van der Waals surface area contributed by atoms with Crippen LogP contribution < -0.4 is 10.6 Å². The van der Waals surface area contributed by atoms with Gasteiger partial charge in [-0.2, -0.15) is 5.10 Å². The Bertz CT molecular complexity index is 600. The van der Waals surface area contributed by atoms with E-state index < -0.39 is 0 Å². The molecular weight excluding hydrogens is 266 g/mol. The molecule has 0 bridgehead atoms. The van der Waals surface area contributed by atoms with Gasteiger partial charge in [-0.05, 0) is 50.6 Å². The number of carbonyl (C=O) groups is 1. The molecule has 1 aromatic carbocycles. The average Bonchev–Trinajstić information content (AvgIpc) is 3.03. The van der Waals surface area contributed by atoms with Gasteiger partial charge in [0.1, 0.15) is 12.7 Å². The van der Waals surface area contributed by atoms with Crippen molar-refractivity contribution in [2.75, 3.05) is 18.4 Å². The molecule has 1 unspecified atom stereocenters. The summed E-state index contributed by atoms with van der Waals surface area (Å²) in [6.45, 7) is 3.74. The van der Waals surface area contributed by atoms with Crippen LogP contribution in [-0.4, -0.2) is 33.8 Å². The van der Waals surface area contributed by atoms with Crippen molar-refractivity contribution in [2.45, 2.75) is 19.8 Å². The van der Waals surface area contributed by atoms with Crippen LogP contribution in [0.4, 0.5) is 5.69 Å². The summed E-state index contributed by atoms with van der Waals surface area (Å²) in [5.41, 5.74) is 1.38. The summed E-state index contributed by atoms with van der Waals surface area (Å²) in [7, 11) is 0. The maximum Gasteiger partial charge on any atom is 0.231 e. The van der Waals surface area contributed by atoms with Crippen LogP contribution in [0.15, 0.2) is 36.9 Å². The van der Waals surface area contributed by atoms with Crippen LogP contribution in [0.1, 0.15) is 19.8 Å². The van der Waals surface area contributed by atoms with Crippen molar-refractivity contribution < 1.29 is 4.79 Å². The standard InChI is InChI=1S/C15H19N5O/c1-15(7-2-8-16-9-15)14(21)19-12-3-5-13(6-4-12)20-11-17-10-18-20/h3-6,10-11,16H,2,7-9H2,1H3,(H,19,21). The minimum Gasteiger partial charge on any atom is -0.326 e. The Morgan fingerprint density at radius 2 is 2.19 bits per heavy atom. The quantitative estimate of drug-likeness (QED) is 0.898. The fraction of sp³-hybridized carbons (Fsp3) is 0.400. The van der Waals surface area contributed by atoms with Crippen molar-refractivity contribution in [3.8, 4) is 5.69 Å². The van der Waals surface area contributed by atoms with Crippen LogP contribution in [0.2, 0.25) is 0 Å². The van der Waals surface area contributed by atoms with E-state index in [1.807, 2.05) is 31.2 Å². The second-order valence-corrected chi connectivity index (χ2v) is 5.68. The molecule has 21 heavy (non-hydrogen) atoms. The summed E-state index contributed by atoms with van der Waals surface area (Å²) in [5.74, 6) is 0.0724. The molecule has 3 rings (SSSR count). The number of benzene rings is 1. The zero-order valence-corrected chi connectivity index (χ0v) is 12.0. The summed E-state index contributed by atoms with van der Waals surface area (Å²) in [4.78, 5) is 16.3. The van der Waals surface area contributed by atoms with Crippen molar-refractivity contribution in [1.29, 1.82) is 0 Å².